The van der Waals surface area contributed by atoms with Crippen LogP contribution >= 0.6 is 0 Å². The predicted molar refractivity (Wildman–Crippen MR) is 78.4 cm³/mol. The summed E-state index contributed by atoms with van der Waals surface area (Å²) in [5.74, 6) is -2.97. The molecular formula is C13H24N4O5. The number of hydrogen-bond donors (Lipinski definition) is 5. The van der Waals surface area contributed by atoms with Gasteiger partial charge >= 0.3 is 5.97 Å². The molecule has 9 heteroatoms. The highest BCUT2D eigenvalue weighted by Gasteiger charge is 2.27. The van der Waals surface area contributed by atoms with E-state index in [0.29, 0.717) is 6.42 Å². The molecule has 126 valence electrons. The Hall–Kier alpha value is -2.16. The first-order chi connectivity index (χ1) is 10.2. The van der Waals surface area contributed by atoms with Crippen LogP contribution in [0.2, 0.25) is 0 Å². The Bertz CT molecular complexity index is 425. The lowest BCUT2D eigenvalue weighted by molar-refractivity contribution is -0.142. The van der Waals surface area contributed by atoms with Crippen LogP contribution in [-0.4, -0.2) is 47.4 Å². The Morgan fingerprint density at radius 2 is 1.68 bits per heavy atom. The number of primary amides is 1. The summed E-state index contributed by atoms with van der Waals surface area (Å²) < 4.78 is 0. The molecular weight excluding hydrogens is 292 g/mol. The SMILES string of the molecule is CC(C)CC(NC(=O)CN)C(=O)NC(CCC(N)=O)C(=O)O. The van der Waals surface area contributed by atoms with Gasteiger partial charge in [0, 0.05) is 6.42 Å². The number of amides is 3. The standard InChI is InChI=1S/C13H24N4O5/c1-7(2)5-9(16-11(19)6-14)12(20)17-8(13(21)22)3-4-10(15)18/h7-9H,3-6,14H2,1-2H3,(H2,15,18)(H,16,19)(H,17,20)(H,21,22). The molecule has 0 bridgehead atoms. The first kappa shape index (κ1) is 19.8. The molecule has 0 heterocycles. The van der Waals surface area contributed by atoms with Crippen LogP contribution in [0.4, 0.5) is 0 Å². The number of carboxylic acid groups (broad SMARTS) is 1. The minimum absolute atomic E-state index is 0.0997. The van der Waals surface area contributed by atoms with Crippen LogP contribution in [0.5, 0.6) is 0 Å². The number of carbonyl (C=O) groups excluding carboxylic acids is 3. The second-order valence-electron chi connectivity index (χ2n) is 5.36. The zero-order valence-electron chi connectivity index (χ0n) is 12.8. The van der Waals surface area contributed by atoms with Crippen LogP contribution in [-0.2, 0) is 19.2 Å². The molecule has 2 unspecified atom stereocenters. The number of hydrogen-bond acceptors (Lipinski definition) is 5. The zero-order valence-corrected chi connectivity index (χ0v) is 12.8. The first-order valence-corrected chi connectivity index (χ1v) is 6.98. The fraction of sp³-hybridized carbons (Fsp3) is 0.692. The van der Waals surface area contributed by atoms with Crippen LogP contribution in [0.3, 0.4) is 0 Å². The lowest BCUT2D eigenvalue weighted by Crippen LogP contribution is -2.53. The zero-order chi connectivity index (χ0) is 17.3. The average Bonchev–Trinajstić information content (AvgIpc) is 2.41. The topological polar surface area (TPSA) is 165 Å². The van der Waals surface area contributed by atoms with E-state index in [4.69, 9.17) is 16.6 Å². The molecule has 0 spiro atoms. The highest BCUT2D eigenvalue weighted by atomic mass is 16.4. The summed E-state index contributed by atoms with van der Waals surface area (Å²) in [5, 5.41) is 13.8. The van der Waals surface area contributed by atoms with Gasteiger partial charge < -0.3 is 27.2 Å². The van der Waals surface area contributed by atoms with E-state index in [0.717, 1.165) is 0 Å². The van der Waals surface area contributed by atoms with Crippen molar-refractivity contribution in [2.24, 2.45) is 17.4 Å². The Kier molecular flexibility index (Phi) is 8.76. The molecule has 3 amide bonds. The van der Waals surface area contributed by atoms with Gasteiger partial charge in [-0.05, 0) is 18.8 Å². The lowest BCUT2D eigenvalue weighted by atomic mass is 10.0. The number of carbonyl (C=O) groups is 4. The van der Waals surface area contributed by atoms with Crippen LogP contribution in [0, 0.1) is 5.92 Å². The van der Waals surface area contributed by atoms with Gasteiger partial charge in [0.25, 0.3) is 0 Å². The van der Waals surface area contributed by atoms with Gasteiger partial charge in [0.1, 0.15) is 12.1 Å². The first-order valence-electron chi connectivity index (χ1n) is 6.98. The van der Waals surface area contributed by atoms with E-state index in [-0.39, 0.29) is 25.3 Å². The largest absolute Gasteiger partial charge is 0.480 e. The normalized spacial score (nSPS) is 13.3. The third kappa shape index (κ3) is 8.20. The van der Waals surface area contributed by atoms with Gasteiger partial charge in [0.15, 0.2) is 0 Å². The summed E-state index contributed by atoms with van der Waals surface area (Å²) >= 11 is 0. The minimum atomic E-state index is -1.27. The maximum atomic E-state index is 12.1. The van der Waals surface area contributed by atoms with E-state index in [9.17, 15) is 19.2 Å². The Morgan fingerprint density at radius 1 is 1.09 bits per heavy atom. The minimum Gasteiger partial charge on any atom is -0.480 e. The molecule has 0 radical (unpaired) electrons. The number of rotatable bonds is 10. The second-order valence-corrected chi connectivity index (χ2v) is 5.36. The highest BCUT2D eigenvalue weighted by Crippen LogP contribution is 2.06. The Morgan fingerprint density at radius 3 is 2.09 bits per heavy atom. The van der Waals surface area contributed by atoms with E-state index >= 15 is 0 Å². The van der Waals surface area contributed by atoms with Crippen molar-refractivity contribution in [3.8, 4) is 0 Å². The van der Waals surface area contributed by atoms with Crippen LogP contribution in [0.15, 0.2) is 0 Å². The van der Waals surface area contributed by atoms with Gasteiger partial charge in [-0.1, -0.05) is 13.8 Å². The van der Waals surface area contributed by atoms with Gasteiger partial charge in [-0.3, -0.25) is 14.4 Å². The van der Waals surface area contributed by atoms with Crippen molar-refractivity contribution < 1.29 is 24.3 Å². The van der Waals surface area contributed by atoms with Crippen LogP contribution < -0.4 is 22.1 Å². The molecule has 9 nitrogen and oxygen atoms in total. The average molecular weight is 316 g/mol. The quantitative estimate of drug-likeness (QED) is 0.322. The summed E-state index contributed by atoms with van der Waals surface area (Å²) in [7, 11) is 0. The Balaban J connectivity index is 4.83. The summed E-state index contributed by atoms with van der Waals surface area (Å²) in [4.78, 5) is 45.3. The molecule has 0 aliphatic heterocycles. The monoisotopic (exact) mass is 316 g/mol. The molecule has 0 fully saturated rings. The van der Waals surface area contributed by atoms with Gasteiger partial charge in [-0.25, -0.2) is 4.79 Å². The van der Waals surface area contributed by atoms with Crippen molar-refractivity contribution in [2.75, 3.05) is 6.54 Å². The van der Waals surface area contributed by atoms with Crippen LogP contribution in [0.1, 0.15) is 33.1 Å². The maximum absolute atomic E-state index is 12.1. The molecule has 7 N–H and O–H groups in total. The lowest BCUT2D eigenvalue weighted by Gasteiger charge is -2.22. The fourth-order valence-corrected chi connectivity index (χ4v) is 1.77. The van der Waals surface area contributed by atoms with Crippen molar-refractivity contribution in [2.45, 2.75) is 45.2 Å². The van der Waals surface area contributed by atoms with Crippen molar-refractivity contribution in [3.05, 3.63) is 0 Å². The molecule has 0 saturated heterocycles. The third-order valence-electron chi connectivity index (χ3n) is 2.84. The van der Waals surface area contributed by atoms with Crippen molar-refractivity contribution in [1.29, 1.82) is 0 Å². The van der Waals surface area contributed by atoms with E-state index in [1.54, 1.807) is 0 Å². The van der Waals surface area contributed by atoms with Crippen molar-refractivity contribution in [3.63, 3.8) is 0 Å². The summed E-state index contributed by atoms with van der Waals surface area (Å²) in [6.45, 7) is 3.44. The van der Waals surface area contributed by atoms with E-state index in [1.165, 1.54) is 0 Å². The van der Waals surface area contributed by atoms with Gasteiger partial charge in [0.2, 0.25) is 17.7 Å². The Labute approximate surface area is 128 Å². The van der Waals surface area contributed by atoms with Gasteiger partial charge in [-0.15, -0.1) is 0 Å². The number of aliphatic carboxylic acids is 1. The highest BCUT2D eigenvalue weighted by molar-refractivity contribution is 5.91. The molecule has 2 atom stereocenters. The van der Waals surface area contributed by atoms with E-state index < -0.39 is 35.8 Å². The van der Waals surface area contributed by atoms with Crippen molar-refractivity contribution in [1.82, 2.24) is 10.6 Å². The molecule has 0 saturated carbocycles. The van der Waals surface area contributed by atoms with E-state index in [1.807, 2.05) is 13.8 Å². The smallest absolute Gasteiger partial charge is 0.326 e. The summed E-state index contributed by atoms with van der Waals surface area (Å²) in [5.41, 5.74) is 10.2. The van der Waals surface area contributed by atoms with Gasteiger partial charge in [-0.2, -0.15) is 0 Å². The predicted octanol–water partition coefficient (Wildman–Crippen LogP) is -1.69. The molecule has 0 aromatic heterocycles. The molecule has 22 heavy (non-hydrogen) atoms. The fourth-order valence-electron chi connectivity index (χ4n) is 1.77. The maximum Gasteiger partial charge on any atom is 0.326 e. The molecule has 0 rings (SSSR count). The summed E-state index contributed by atoms with van der Waals surface area (Å²) in [6, 6.07) is -2.13. The number of carboxylic acids is 1. The number of nitrogens with two attached hydrogens (primary N) is 2. The molecule has 0 aromatic carbocycles. The molecule has 0 aliphatic rings. The van der Waals surface area contributed by atoms with Crippen LogP contribution in [0.25, 0.3) is 0 Å². The second kappa shape index (κ2) is 9.72. The van der Waals surface area contributed by atoms with E-state index in [2.05, 4.69) is 10.6 Å². The van der Waals surface area contributed by atoms with Gasteiger partial charge in [0.05, 0.1) is 6.54 Å². The summed E-state index contributed by atoms with van der Waals surface area (Å²) in [6.07, 6.45) is 0.0522. The van der Waals surface area contributed by atoms with Crippen molar-refractivity contribution >= 4 is 23.7 Å². The molecule has 0 aromatic rings. The third-order valence-corrected chi connectivity index (χ3v) is 2.84. The number of nitrogens with one attached hydrogen (secondary N) is 2. The molecule has 0 aliphatic carbocycles.